The molecule has 0 radical (unpaired) electrons. The van der Waals surface area contributed by atoms with Gasteiger partial charge in [-0.05, 0) is 65.3 Å². The number of piperazine rings is 1. The first-order valence-corrected chi connectivity index (χ1v) is 15.7. The van der Waals surface area contributed by atoms with Gasteiger partial charge < -0.3 is 24.8 Å². The summed E-state index contributed by atoms with van der Waals surface area (Å²) in [5, 5.41) is 6.10. The first-order chi connectivity index (χ1) is 19.0. The molecule has 2 fully saturated rings. The standard InChI is InChI=1S/C28H35BrClN7OS/c1-34-10-12-35(13-11-34)20-3-7-36(8-4-20)24-16-25(38-2)23(15-21(24)29)32-28-31-17-22(30)27(33-28)37-9-5-26-19(18-37)6-14-39-26/h6,14-17,20H,3-5,7-13,18H2,1-2H3,(H,31,32,33). The monoisotopic (exact) mass is 631 g/mol. The van der Waals surface area contributed by atoms with E-state index in [2.05, 4.69) is 76.5 Å². The third-order valence-corrected chi connectivity index (χ3v) is 10.1. The van der Waals surface area contributed by atoms with Gasteiger partial charge >= 0.3 is 0 Å². The fourth-order valence-electron chi connectivity index (χ4n) is 5.90. The third-order valence-electron chi connectivity index (χ3n) is 8.21. The molecule has 1 aromatic carbocycles. The van der Waals surface area contributed by atoms with Crippen molar-refractivity contribution in [1.29, 1.82) is 0 Å². The van der Waals surface area contributed by atoms with Crippen molar-refractivity contribution in [2.75, 3.05) is 75.1 Å². The van der Waals surface area contributed by atoms with Crippen LogP contribution >= 0.6 is 38.9 Å². The minimum Gasteiger partial charge on any atom is -0.494 e. The first kappa shape index (κ1) is 27.1. The summed E-state index contributed by atoms with van der Waals surface area (Å²) < 4.78 is 6.84. The highest BCUT2D eigenvalue weighted by atomic mass is 79.9. The predicted molar refractivity (Wildman–Crippen MR) is 164 cm³/mol. The van der Waals surface area contributed by atoms with Gasteiger partial charge in [-0.25, -0.2) is 4.98 Å². The second kappa shape index (κ2) is 11.8. The van der Waals surface area contributed by atoms with Crippen LogP contribution in [-0.2, 0) is 13.0 Å². The predicted octanol–water partition coefficient (Wildman–Crippen LogP) is 5.49. The zero-order chi connectivity index (χ0) is 26.9. The molecule has 8 nitrogen and oxygen atoms in total. The minimum absolute atomic E-state index is 0.497. The number of benzene rings is 1. The molecular formula is C28H35BrClN7OS. The van der Waals surface area contributed by atoms with Crippen LogP contribution in [0.5, 0.6) is 5.75 Å². The Morgan fingerprint density at radius 3 is 2.64 bits per heavy atom. The van der Waals surface area contributed by atoms with Gasteiger partial charge in [-0.15, -0.1) is 11.3 Å². The van der Waals surface area contributed by atoms with Gasteiger partial charge in [-0.1, -0.05) is 11.6 Å². The Kier molecular flexibility index (Phi) is 8.18. The van der Waals surface area contributed by atoms with Crippen LogP contribution in [0.2, 0.25) is 5.02 Å². The van der Waals surface area contributed by atoms with Crippen molar-refractivity contribution in [2.24, 2.45) is 0 Å². The molecule has 208 valence electrons. The van der Waals surface area contributed by atoms with E-state index in [1.807, 2.05) is 11.3 Å². The summed E-state index contributed by atoms with van der Waals surface area (Å²) in [5.41, 5.74) is 3.32. The number of nitrogens with zero attached hydrogens (tertiary/aromatic N) is 6. The van der Waals surface area contributed by atoms with Crippen LogP contribution in [0.4, 0.5) is 23.1 Å². The van der Waals surface area contributed by atoms with Crippen molar-refractivity contribution in [2.45, 2.75) is 31.8 Å². The molecule has 39 heavy (non-hydrogen) atoms. The zero-order valence-corrected chi connectivity index (χ0v) is 25.7. The van der Waals surface area contributed by atoms with E-state index < -0.39 is 0 Å². The van der Waals surface area contributed by atoms with E-state index in [1.54, 1.807) is 13.3 Å². The smallest absolute Gasteiger partial charge is 0.229 e. The van der Waals surface area contributed by atoms with E-state index in [-0.39, 0.29) is 0 Å². The number of aromatic nitrogens is 2. The number of methoxy groups -OCH3 is 1. The summed E-state index contributed by atoms with van der Waals surface area (Å²) in [7, 11) is 3.92. The SMILES string of the molecule is COc1cc(N2CCC(N3CCN(C)CC3)CC2)c(Br)cc1Nc1ncc(Cl)c(N2CCc3sccc3C2)n1. The number of anilines is 4. The average molecular weight is 633 g/mol. The molecule has 0 unspecified atom stereocenters. The Hall–Kier alpha value is -2.11. The van der Waals surface area contributed by atoms with Gasteiger partial charge in [0.15, 0.2) is 5.82 Å². The van der Waals surface area contributed by atoms with E-state index in [9.17, 15) is 0 Å². The largest absolute Gasteiger partial charge is 0.494 e. The quantitative estimate of drug-likeness (QED) is 0.383. The number of rotatable bonds is 6. The molecule has 6 rings (SSSR count). The van der Waals surface area contributed by atoms with Crippen molar-refractivity contribution in [3.05, 3.63) is 49.7 Å². The number of fused-ring (bicyclic) bond motifs is 1. The van der Waals surface area contributed by atoms with Gasteiger partial charge in [0.25, 0.3) is 0 Å². The van der Waals surface area contributed by atoms with Gasteiger partial charge in [0.1, 0.15) is 10.8 Å². The van der Waals surface area contributed by atoms with E-state index in [0.717, 1.165) is 60.0 Å². The third kappa shape index (κ3) is 5.86. The van der Waals surface area contributed by atoms with E-state index >= 15 is 0 Å². The van der Waals surface area contributed by atoms with Crippen LogP contribution < -0.4 is 19.9 Å². The molecule has 2 aromatic heterocycles. The molecular weight excluding hydrogens is 598 g/mol. The second-order valence-corrected chi connectivity index (χ2v) is 12.9. The van der Waals surface area contributed by atoms with Crippen molar-refractivity contribution in [3.8, 4) is 5.75 Å². The van der Waals surface area contributed by atoms with Gasteiger partial charge in [0.05, 0.1) is 24.7 Å². The van der Waals surface area contributed by atoms with Crippen molar-refractivity contribution in [3.63, 3.8) is 0 Å². The average Bonchev–Trinajstić information content (AvgIpc) is 3.43. The molecule has 3 aliphatic rings. The fraction of sp³-hybridized carbons (Fsp3) is 0.500. The summed E-state index contributed by atoms with van der Waals surface area (Å²) in [6, 6.07) is 7.05. The van der Waals surface area contributed by atoms with Gasteiger partial charge in [0.2, 0.25) is 5.95 Å². The van der Waals surface area contributed by atoms with Crippen LogP contribution in [0.3, 0.4) is 0 Å². The van der Waals surface area contributed by atoms with Crippen molar-refractivity contribution < 1.29 is 4.74 Å². The molecule has 0 saturated carbocycles. The Morgan fingerprint density at radius 1 is 1.08 bits per heavy atom. The highest BCUT2D eigenvalue weighted by Gasteiger charge is 2.28. The number of hydrogen-bond donors (Lipinski definition) is 1. The van der Waals surface area contributed by atoms with Crippen LogP contribution in [0, 0.1) is 0 Å². The molecule has 5 heterocycles. The summed E-state index contributed by atoms with van der Waals surface area (Å²) in [4.78, 5) is 20.5. The summed E-state index contributed by atoms with van der Waals surface area (Å²) in [6.45, 7) is 8.48. The molecule has 0 amide bonds. The van der Waals surface area contributed by atoms with Crippen molar-refractivity contribution >= 4 is 62.0 Å². The lowest BCUT2D eigenvalue weighted by Gasteiger charge is -2.42. The van der Waals surface area contributed by atoms with E-state index in [0.29, 0.717) is 17.0 Å². The molecule has 0 bridgehead atoms. The number of halogens is 2. The second-order valence-electron chi connectivity index (χ2n) is 10.6. The Balaban J connectivity index is 1.15. The lowest BCUT2D eigenvalue weighted by atomic mass is 10.0. The normalized spacial score (nSPS) is 19.3. The lowest BCUT2D eigenvalue weighted by molar-refractivity contribution is 0.0982. The Labute approximate surface area is 248 Å². The number of thiophene rings is 1. The van der Waals surface area contributed by atoms with Crippen LogP contribution in [0.15, 0.2) is 34.2 Å². The summed E-state index contributed by atoms with van der Waals surface area (Å²) in [5.74, 6) is 2.01. The maximum Gasteiger partial charge on any atom is 0.229 e. The molecule has 11 heteroatoms. The highest BCUT2D eigenvalue weighted by Crippen LogP contribution is 2.39. The topological polar surface area (TPSA) is 60.0 Å². The van der Waals surface area contributed by atoms with Gasteiger partial charge in [0, 0.05) is 73.8 Å². The number of nitrogens with one attached hydrogen (secondary N) is 1. The minimum atomic E-state index is 0.497. The van der Waals surface area contributed by atoms with Gasteiger partial charge in [-0.3, -0.25) is 4.90 Å². The number of likely N-dealkylation sites (N-methyl/N-ethyl adjacent to an activating group) is 1. The summed E-state index contributed by atoms with van der Waals surface area (Å²) >= 11 is 12.2. The van der Waals surface area contributed by atoms with Crippen LogP contribution in [0.25, 0.3) is 0 Å². The molecule has 0 spiro atoms. The molecule has 1 N–H and O–H groups in total. The number of hydrogen-bond acceptors (Lipinski definition) is 9. The first-order valence-electron chi connectivity index (χ1n) is 13.6. The van der Waals surface area contributed by atoms with Crippen LogP contribution in [-0.4, -0.2) is 85.8 Å². The molecule has 3 aromatic rings. The molecule has 2 saturated heterocycles. The lowest BCUT2D eigenvalue weighted by Crippen LogP contribution is -2.52. The van der Waals surface area contributed by atoms with Gasteiger partial charge in [-0.2, -0.15) is 4.98 Å². The fourth-order valence-corrected chi connectivity index (χ4v) is 7.59. The van der Waals surface area contributed by atoms with Crippen LogP contribution in [0.1, 0.15) is 23.3 Å². The maximum atomic E-state index is 6.56. The van der Waals surface area contributed by atoms with E-state index in [1.165, 1.54) is 49.5 Å². The molecule has 0 aliphatic carbocycles. The maximum absolute atomic E-state index is 6.56. The Bertz CT molecular complexity index is 1310. The molecule has 0 atom stereocenters. The number of piperidine rings is 1. The zero-order valence-electron chi connectivity index (χ0n) is 22.5. The van der Waals surface area contributed by atoms with Crippen molar-refractivity contribution in [1.82, 2.24) is 19.8 Å². The Morgan fingerprint density at radius 2 is 1.87 bits per heavy atom. The number of ether oxygens (including phenoxy) is 1. The summed E-state index contributed by atoms with van der Waals surface area (Å²) in [6.07, 6.45) is 5.05. The molecule has 3 aliphatic heterocycles. The van der Waals surface area contributed by atoms with E-state index in [4.69, 9.17) is 21.3 Å². The highest BCUT2D eigenvalue weighted by molar-refractivity contribution is 9.10.